The third kappa shape index (κ3) is 2.89. The van der Waals surface area contributed by atoms with Crippen LogP contribution in [0.5, 0.6) is 0 Å². The number of carbonyl (C=O) groups excluding carboxylic acids is 1. The average molecular weight is 222 g/mol. The minimum Gasteiger partial charge on any atom is -0.466 e. The number of ether oxygens (including phenoxy) is 1. The lowest BCUT2D eigenvalue weighted by Crippen LogP contribution is -2.17. The Labute approximate surface area is 95.6 Å². The van der Waals surface area contributed by atoms with Crippen molar-refractivity contribution in [1.29, 1.82) is 0 Å². The molecule has 0 radical (unpaired) electrons. The number of esters is 1. The second kappa shape index (κ2) is 5.39. The van der Waals surface area contributed by atoms with E-state index in [0.29, 0.717) is 24.4 Å². The number of para-hydroxylation sites is 1. The number of rotatable bonds is 4. The third-order valence-electron chi connectivity index (χ3n) is 2.45. The van der Waals surface area contributed by atoms with E-state index in [1.165, 1.54) is 0 Å². The molecule has 4 nitrogen and oxygen atoms in total. The molecule has 1 aromatic rings. The summed E-state index contributed by atoms with van der Waals surface area (Å²) < 4.78 is 4.93. The van der Waals surface area contributed by atoms with Gasteiger partial charge in [0.1, 0.15) is 0 Å². The molecule has 16 heavy (non-hydrogen) atoms. The Morgan fingerprint density at radius 2 is 2.12 bits per heavy atom. The molecule has 0 spiro atoms. The van der Waals surface area contributed by atoms with E-state index < -0.39 is 0 Å². The Balaban J connectivity index is 2.73. The van der Waals surface area contributed by atoms with Gasteiger partial charge in [-0.3, -0.25) is 4.79 Å². The molecule has 0 saturated heterocycles. The Morgan fingerprint density at radius 1 is 1.44 bits per heavy atom. The lowest BCUT2D eigenvalue weighted by molar-refractivity contribution is -0.147. The molecule has 0 saturated carbocycles. The molecule has 0 aliphatic carbocycles. The Hall–Kier alpha value is -1.71. The normalized spacial score (nSPS) is 12.1. The zero-order valence-electron chi connectivity index (χ0n) is 9.69. The minimum atomic E-state index is -0.205. The van der Waals surface area contributed by atoms with Gasteiger partial charge in [0.2, 0.25) is 0 Å². The van der Waals surface area contributed by atoms with Crippen LogP contribution in [0.2, 0.25) is 0 Å². The van der Waals surface area contributed by atoms with E-state index in [0.717, 1.165) is 5.56 Å². The smallest absolute Gasteiger partial charge is 0.308 e. The van der Waals surface area contributed by atoms with Crippen molar-refractivity contribution in [3.63, 3.8) is 0 Å². The van der Waals surface area contributed by atoms with Crippen LogP contribution in [-0.4, -0.2) is 12.6 Å². The Morgan fingerprint density at radius 3 is 2.75 bits per heavy atom. The number of hydrogen-bond acceptors (Lipinski definition) is 4. The van der Waals surface area contributed by atoms with E-state index in [2.05, 4.69) is 0 Å². The van der Waals surface area contributed by atoms with Crippen LogP contribution in [0.25, 0.3) is 0 Å². The van der Waals surface area contributed by atoms with Gasteiger partial charge in [0, 0.05) is 0 Å². The summed E-state index contributed by atoms with van der Waals surface area (Å²) in [7, 11) is 0. The third-order valence-corrected chi connectivity index (χ3v) is 2.45. The van der Waals surface area contributed by atoms with Crippen molar-refractivity contribution in [2.24, 2.45) is 5.92 Å². The molecule has 0 amide bonds. The van der Waals surface area contributed by atoms with Crippen LogP contribution in [0.15, 0.2) is 18.2 Å². The maximum Gasteiger partial charge on any atom is 0.308 e. The zero-order valence-corrected chi connectivity index (χ0v) is 9.69. The van der Waals surface area contributed by atoms with Gasteiger partial charge in [0.15, 0.2) is 0 Å². The molecule has 0 bridgehead atoms. The van der Waals surface area contributed by atoms with Gasteiger partial charge >= 0.3 is 5.97 Å². The molecule has 88 valence electrons. The fourth-order valence-electron chi connectivity index (χ4n) is 1.51. The molecule has 0 aliphatic rings. The van der Waals surface area contributed by atoms with Crippen LogP contribution in [-0.2, 0) is 16.0 Å². The van der Waals surface area contributed by atoms with E-state index in [4.69, 9.17) is 16.2 Å². The number of carbonyl (C=O) groups is 1. The van der Waals surface area contributed by atoms with E-state index in [1.807, 2.05) is 19.1 Å². The van der Waals surface area contributed by atoms with E-state index >= 15 is 0 Å². The fraction of sp³-hybridized carbons (Fsp3) is 0.417. The molecule has 1 rings (SSSR count). The number of anilines is 2. The summed E-state index contributed by atoms with van der Waals surface area (Å²) in [5.74, 6) is -0.409. The van der Waals surface area contributed by atoms with E-state index in [-0.39, 0.29) is 11.9 Å². The predicted octanol–water partition coefficient (Wildman–Crippen LogP) is 1.59. The number of hydrogen-bond donors (Lipinski definition) is 2. The highest BCUT2D eigenvalue weighted by atomic mass is 16.5. The SMILES string of the molecule is CCOC(=O)C(C)Cc1cccc(N)c1N. The van der Waals surface area contributed by atoms with Gasteiger partial charge in [0.05, 0.1) is 23.9 Å². The van der Waals surface area contributed by atoms with Crippen molar-refractivity contribution in [2.75, 3.05) is 18.1 Å². The maximum absolute atomic E-state index is 11.4. The largest absolute Gasteiger partial charge is 0.466 e. The molecular weight excluding hydrogens is 204 g/mol. The Kier molecular flexibility index (Phi) is 4.17. The van der Waals surface area contributed by atoms with Crippen molar-refractivity contribution >= 4 is 17.3 Å². The molecule has 0 aliphatic heterocycles. The predicted molar refractivity (Wildman–Crippen MR) is 64.8 cm³/mol. The van der Waals surface area contributed by atoms with E-state index in [9.17, 15) is 4.79 Å². The Bertz CT molecular complexity index is 377. The van der Waals surface area contributed by atoms with Crippen LogP contribution in [0.4, 0.5) is 11.4 Å². The van der Waals surface area contributed by atoms with Crippen molar-refractivity contribution < 1.29 is 9.53 Å². The first-order valence-corrected chi connectivity index (χ1v) is 5.35. The molecule has 4 N–H and O–H groups in total. The minimum absolute atomic E-state index is 0.204. The molecule has 4 heteroatoms. The molecule has 0 aromatic heterocycles. The second-order valence-corrected chi connectivity index (χ2v) is 3.78. The molecule has 1 unspecified atom stereocenters. The molecule has 0 fully saturated rings. The van der Waals surface area contributed by atoms with Gasteiger partial charge in [-0.1, -0.05) is 19.1 Å². The van der Waals surface area contributed by atoms with Crippen LogP contribution in [0.3, 0.4) is 0 Å². The summed E-state index contributed by atoms with van der Waals surface area (Å²) in [4.78, 5) is 11.4. The van der Waals surface area contributed by atoms with Gasteiger partial charge in [-0.05, 0) is 25.0 Å². The van der Waals surface area contributed by atoms with Crippen LogP contribution < -0.4 is 11.5 Å². The first kappa shape index (κ1) is 12.4. The summed E-state index contributed by atoms with van der Waals surface area (Å²) in [6.45, 7) is 4.01. The second-order valence-electron chi connectivity index (χ2n) is 3.78. The molecule has 1 aromatic carbocycles. The lowest BCUT2D eigenvalue weighted by atomic mass is 9.99. The van der Waals surface area contributed by atoms with E-state index in [1.54, 1.807) is 13.0 Å². The molecular formula is C12H18N2O2. The highest BCUT2D eigenvalue weighted by Gasteiger charge is 2.16. The van der Waals surface area contributed by atoms with Gasteiger partial charge in [0.25, 0.3) is 0 Å². The topological polar surface area (TPSA) is 78.3 Å². The monoisotopic (exact) mass is 222 g/mol. The van der Waals surface area contributed by atoms with Gasteiger partial charge in [-0.2, -0.15) is 0 Å². The highest BCUT2D eigenvalue weighted by molar-refractivity contribution is 5.74. The summed E-state index contributed by atoms with van der Waals surface area (Å²) in [5.41, 5.74) is 13.5. The van der Waals surface area contributed by atoms with Crippen molar-refractivity contribution in [3.8, 4) is 0 Å². The lowest BCUT2D eigenvalue weighted by Gasteiger charge is -2.13. The summed E-state index contributed by atoms with van der Waals surface area (Å²) in [5, 5.41) is 0. The van der Waals surface area contributed by atoms with Gasteiger partial charge < -0.3 is 16.2 Å². The molecule has 0 heterocycles. The van der Waals surface area contributed by atoms with Crippen molar-refractivity contribution in [3.05, 3.63) is 23.8 Å². The van der Waals surface area contributed by atoms with Gasteiger partial charge in [-0.15, -0.1) is 0 Å². The quantitative estimate of drug-likeness (QED) is 0.599. The van der Waals surface area contributed by atoms with Crippen LogP contribution in [0.1, 0.15) is 19.4 Å². The number of nitrogen functional groups attached to an aromatic ring is 2. The van der Waals surface area contributed by atoms with Crippen LogP contribution >= 0.6 is 0 Å². The fourth-order valence-corrected chi connectivity index (χ4v) is 1.51. The average Bonchev–Trinajstić information content (AvgIpc) is 2.25. The summed E-state index contributed by atoms with van der Waals surface area (Å²) in [6, 6.07) is 5.45. The van der Waals surface area contributed by atoms with Crippen LogP contribution in [0, 0.1) is 5.92 Å². The summed E-state index contributed by atoms with van der Waals surface area (Å²) in [6.07, 6.45) is 0.551. The zero-order chi connectivity index (χ0) is 12.1. The van der Waals surface area contributed by atoms with Gasteiger partial charge in [-0.25, -0.2) is 0 Å². The van der Waals surface area contributed by atoms with Crippen molar-refractivity contribution in [2.45, 2.75) is 20.3 Å². The number of nitrogens with two attached hydrogens (primary N) is 2. The highest BCUT2D eigenvalue weighted by Crippen LogP contribution is 2.22. The standard InChI is InChI=1S/C12H18N2O2/c1-3-16-12(15)8(2)7-9-5-4-6-10(13)11(9)14/h4-6,8H,3,7,13-14H2,1-2H3. The number of benzene rings is 1. The summed E-state index contributed by atoms with van der Waals surface area (Å²) >= 11 is 0. The molecule has 1 atom stereocenters. The maximum atomic E-state index is 11.4. The van der Waals surface area contributed by atoms with Crippen molar-refractivity contribution in [1.82, 2.24) is 0 Å². The first-order valence-electron chi connectivity index (χ1n) is 5.35. The first-order chi connectivity index (χ1) is 7.56.